The first kappa shape index (κ1) is 16.0. The molecule has 6 heteroatoms. The maximum Gasteiger partial charge on any atom is 0.224 e. The van der Waals surface area contributed by atoms with Gasteiger partial charge in [-0.2, -0.15) is 0 Å². The number of ether oxygens (including phenoxy) is 1. The van der Waals surface area contributed by atoms with Gasteiger partial charge in [-0.25, -0.2) is 4.98 Å². The third kappa shape index (κ3) is 4.54. The van der Waals surface area contributed by atoms with Crippen LogP contribution in [0.4, 0.5) is 0 Å². The maximum atomic E-state index is 12.2. The van der Waals surface area contributed by atoms with Gasteiger partial charge in [0.25, 0.3) is 0 Å². The Labute approximate surface area is 126 Å². The predicted octanol–water partition coefficient (Wildman–Crippen LogP) is 1.18. The Balaban J connectivity index is 1.88. The summed E-state index contributed by atoms with van der Waals surface area (Å²) in [4.78, 5) is 18.2. The average Bonchev–Trinajstić information content (AvgIpc) is 2.93. The molecule has 118 valence electrons. The number of nitrogens with two attached hydrogens (primary N) is 1. The van der Waals surface area contributed by atoms with Crippen molar-refractivity contribution in [1.82, 2.24) is 14.5 Å². The van der Waals surface area contributed by atoms with Crippen molar-refractivity contribution in [3.63, 3.8) is 0 Å². The number of imidazole rings is 1. The van der Waals surface area contributed by atoms with Crippen molar-refractivity contribution in [2.45, 2.75) is 39.3 Å². The van der Waals surface area contributed by atoms with Crippen molar-refractivity contribution in [2.75, 3.05) is 26.3 Å². The van der Waals surface area contributed by atoms with E-state index in [0.717, 1.165) is 12.1 Å². The van der Waals surface area contributed by atoms with Gasteiger partial charge >= 0.3 is 0 Å². The lowest BCUT2D eigenvalue weighted by Gasteiger charge is -2.27. The van der Waals surface area contributed by atoms with Gasteiger partial charge in [0.15, 0.2) is 0 Å². The summed E-state index contributed by atoms with van der Waals surface area (Å²) in [6.45, 7) is 7.62. The molecule has 0 bridgehead atoms. The van der Waals surface area contributed by atoms with Crippen molar-refractivity contribution >= 4 is 5.91 Å². The molecule has 0 spiro atoms. The number of carbonyl (C=O) groups is 1. The van der Waals surface area contributed by atoms with E-state index >= 15 is 0 Å². The highest BCUT2D eigenvalue weighted by Gasteiger charge is 2.18. The molecule has 1 aromatic rings. The molecule has 2 N–H and O–H groups in total. The van der Waals surface area contributed by atoms with E-state index in [4.69, 9.17) is 10.5 Å². The van der Waals surface area contributed by atoms with E-state index in [1.807, 2.05) is 15.7 Å². The molecule has 6 nitrogen and oxygen atoms in total. The van der Waals surface area contributed by atoms with Crippen molar-refractivity contribution in [2.24, 2.45) is 11.7 Å². The highest BCUT2D eigenvalue weighted by molar-refractivity contribution is 5.76. The van der Waals surface area contributed by atoms with Crippen LogP contribution in [-0.2, 0) is 16.1 Å². The van der Waals surface area contributed by atoms with Gasteiger partial charge in [0.05, 0.1) is 25.2 Å². The molecular weight excluding hydrogens is 268 g/mol. The van der Waals surface area contributed by atoms with Gasteiger partial charge in [0.1, 0.15) is 0 Å². The Hall–Kier alpha value is -1.40. The van der Waals surface area contributed by atoms with Crippen LogP contribution >= 0.6 is 0 Å². The summed E-state index contributed by atoms with van der Waals surface area (Å²) < 4.78 is 7.27. The van der Waals surface area contributed by atoms with Crippen LogP contribution in [0.2, 0.25) is 0 Å². The fourth-order valence-corrected chi connectivity index (χ4v) is 2.64. The van der Waals surface area contributed by atoms with Gasteiger partial charge in [-0.1, -0.05) is 13.8 Å². The van der Waals surface area contributed by atoms with E-state index in [1.54, 1.807) is 6.33 Å². The first-order valence-electron chi connectivity index (χ1n) is 7.69. The van der Waals surface area contributed by atoms with Crippen LogP contribution in [0.3, 0.4) is 0 Å². The Bertz CT molecular complexity index is 452. The van der Waals surface area contributed by atoms with E-state index in [9.17, 15) is 4.79 Å². The minimum absolute atomic E-state index is 0.0222. The first-order valence-corrected chi connectivity index (χ1v) is 7.69. The molecule has 0 aliphatic carbocycles. The molecule has 2 rings (SSSR count). The molecule has 0 radical (unpaired) electrons. The normalized spacial score (nSPS) is 17.2. The number of aromatic nitrogens is 2. The number of hydrogen-bond acceptors (Lipinski definition) is 4. The summed E-state index contributed by atoms with van der Waals surface area (Å²) in [7, 11) is 0. The lowest BCUT2D eigenvalue weighted by atomic mass is 10.0. The molecule has 0 aromatic carbocycles. The molecule has 1 saturated heterocycles. The summed E-state index contributed by atoms with van der Waals surface area (Å²) in [5.41, 5.74) is 7.23. The molecule has 1 aromatic heterocycles. The Morgan fingerprint density at radius 3 is 2.81 bits per heavy atom. The van der Waals surface area contributed by atoms with Crippen LogP contribution in [0.5, 0.6) is 0 Å². The number of nitrogens with zero attached hydrogens (tertiary/aromatic N) is 3. The molecule has 2 heterocycles. The van der Waals surface area contributed by atoms with Crippen molar-refractivity contribution in [3.05, 3.63) is 18.2 Å². The van der Waals surface area contributed by atoms with Gasteiger partial charge in [-0.3, -0.25) is 4.79 Å². The smallest absolute Gasteiger partial charge is 0.224 e. The minimum Gasteiger partial charge on any atom is -0.378 e. The molecule has 1 unspecified atom stereocenters. The number of aryl methyl sites for hydroxylation is 1. The standard InChI is InChI=1S/C15H26N4O2/c1-12(2)9-13(16)14-10-17-11-19(14)4-3-15(20)18-5-7-21-8-6-18/h10-13H,3-9,16H2,1-2H3. The molecule has 1 aliphatic heterocycles. The van der Waals surface area contributed by atoms with Crippen LogP contribution < -0.4 is 5.73 Å². The van der Waals surface area contributed by atoms with Crippen molar-refractivity contribution < 1.29 is 9.53 Å². The summed E-state index contributed by atoms with van der Waals surface area (Å²) in [6.07, 6.45) is 4.98. The van der Waals surface area contributed by atoms with Gasteiger partial charge < -0.3 is 19.9 Å². The summed E-state index contributed by atoms with van der Waals surface area (Å²) in [5, 5.41) is 0. The number of morpholine rings is 1. The Morgan fingerprint density at radius 1 is 1.43 bits per heavy atom. The maximum absolute atomic E-state index is 12.2. The number of hydrogen-bond donors (Lipinski definition) is 1. The summed E-state index contributed by atoms with van der Waals surface area (Å²) >= 11 is 0. The Morgan fingerprint density at radius 2 is 2.14 bits per heavy atom. The second-order valence-electron chi connectivity index (χ2n) is 5.99. The monoisotopic (exact) mass is 294 g/mol. The summed E-state index contributed by atoms with van der Waals surface area (Å²) in [6, 6.07) is -0.0222. The molecule has 21 heavy (non-hydrogen) atoms. The molecule has 1 amide bonds. The van der Waals surface area contributed by atoms with Crippen LogP contribution in [0.25, 0.3) is 0 Å². The minimum atomic E-state index is -0.0222. The van der Waals surface area contributed by atoms with E-state index in [-0.39, 0.29) is 11.9 Å². The van der Waals surface area contributed by atoms with Gasteiger partial charge in [-0.15, -0.1) is 0 Å². The summed E-state index contributed by atoms with van der Waals surface area (Å²) in [5.74, 6) is 0.716. The predicted molar refractivity (Wildman–Crippen MR) is 80.6 cm³/mol. The Kier molecular flexibility index (Phi) is 5.76. The SMILES string of the molecule is CC(C)CC(N)c1cncn1CCC(=O)N1CCOCC1. The lowest BCUT2D eigenvalue weighted by molar-refractivity contribution is -0.135. The van der Waals surface area contributed by atoms with Crippen molar-refractivity contribution in [1.29, 1.82) is 0 Å². The first-order chi connectivity index (χ1) is 10.1. The molecule has 1 fully saturated rings. The van der Waals surface area contributed by atoms with E-state index in [0.29, 0.717) is 45.2 Å². The van der Waals surface area contributed by atoms with E-state index in [2.05, 4.69) is 18.8 Å². The number of amides is 1. The third-order valence-electron chi connectivity index (χ3n) is 3.78. The zero-order valence-corrected chi connectivity index (χ0v) is 13.0. The zero-order chi connectivity index (χ0) is 15.2. The lowest BCUT2D eigenvalue weighted by Crippen LogP contribution is -2.41. The second kappa shape index (κ2) is 7.56. The topological polar surface area (TPSA) is 73.4 Å². The fraction of sp³-hybridized carbons (Fsp3) is 0.733. The van der Waals surface area contributed by atoms with E-state index in [1.165, 1.54) is 0 Å². The molecule has 1 atom stereocenters. The van der Waals surface area contributed by atoms with E-state index < -0.39 is 0 Å². The van der Waals surface area contributed by atoms with Crippen molar-refractivity contribution in [3.8, 4) is 0 Å². The van der Waals surface area contributed by atoms with Gasteiger partial charge in [0, 0.05) is 38.3 Å². The second-order valence-corrected chi connectivity index (χ2v) is 5.99. The molecule has 0 saturated carbocycles. The molecule has 1 aliphatic rings. The number of carbonyl (C=O) groups excluding carboxylic acids is 1. The van der Waals surface area contributed by atoms with Crippen LogP contribution in [0.1, 0.15) is 38.4 Å². The van der Waals surface area contributed by atoms with Gasteiger partial charge in [-0.05, 0) is 12.3 Å². The van der Waals surface area contributed by atoms with Crippen LogP contribution in [-0.4, -0.2) is 46.7 Å². The largest absolute Gasteiger partial charge is 0.378 e. The quantitative estimate of drug-likeness (QED) is 0.855. The highest BCUT2D eigenvalue weighted by atomic mass is 16.5. The fourth-order valence-electron chi connectivity index (χ4n) is 2.64. The highest BCUT2D eigenvalue weighted by Crippen LogP contribution is 2.18. The molecular formula is C15H26N4O2. The third-order valence-corrected chi connectivity index (χ3v) is 3.78. The zero-order valence-electron chi connectivity index (χ0n) is 13.0. The number of rotatable bonds is 6. The average molecular weight is 294 g/mol. The van der Waals surface area contributed by atoms with Crippen LogP contribution in [0, 0.1) is 5.92 Å². The van der Waals surface area contributed by atoms with Crippen LogP contribution in [0.15, 0.2) is 12.5 Å². The van der Waals surface area contributed by atoms with Gasteiger partial charge in [0.2, 0.25) is 5.91 Å².